The third kappa shape index (κ3) is 39.5. The molecule has 33 heteroatoms. The number of rotatable bonds is 20. The molecule has 0 atom stereocenters. The molecule has 9 aromatic carbocycles. The van der Waals surface area contributed by atoms with Gasteiger partial charge in [-0.05, 0) is 263 Å². The van der Waals surface area contributed by atoms with Gasteiger partial charge in [0.2, 0.25) is 0 Å². The van der Waals surface area contributed by atoms with Crippen molar-refractivity contribution in [2.24, 2.45) is 0 Å². The van der Waals surface area contributed by atoms with Gasteiger partial charge >= 0.3 is 0 Å². The highest BCUT2D eigenvalue weighted by atomic mass is 127. The van der Waals surface area contributed by atoms with E-state index in [1.54, 1.807) is 184 Å². The molecule has 0 amide bonds. The normalized spacial score (nSPS) is 10.2. The van der Waals surface area contributed by atoms with Crippen molar-refractivity contribution in [3.8, 4) is 0 Å². The molecule has 0 saturated heterocycles. The Bertz CT molecular complexity index is 3710. The zero-order chi connectivity index (χ0) is 80.2. The van der Waals surface area contributed by atoms with Crippen LogP contribution in [0.15, 0.2) is 237 Å². The lowest BCUT2D eigenvalue weighted by Gasteiger charge is -2.08. The highest BCUT2D eigenvalue weighted by Gasteiger charge is 2.24. The van der Waals surface area contributed by atoms with Crippen molar-refractivity contribution in [2.75, 3.05) is 119 Å². The van der Waals surface area contributed by atoms with E-state index in [2.05, 4.69) is 155 Å². The maximum absolute atomic E-state index is 13.3. The van der Waals surface area contributed by atoms with Crippen molar-refractivity contribution < 1.29 is 40.0 Å². The average Bonchev–Trinajstić information content (AvgIpc) is 0.801. The van der Waals surface area contributed by atoms with E-state index in [-0.39, 0.29) is 22.2 Å². The summed E-state index contributed by atoms with van der Waals surface area (Å²) in [6.45, 7) is 0. The van der Waals surface area contributed by atoms with Crippen molar-refractivity contribution in [3.05, 3.63) is 209 Å². The van der Waals surface area contributed by atoms with Gasteiger partial charge in [-0.15, -0.1) is 223 Å². The van der Waals surface area contributed by atoms with Crippen molar-refractivity contribution in [1.82, 2.24) is 0 Å². The summed E-state index contributed by atoms with van der Waals surface area (Å²) in [5, 5.41) is 11.3. The number of nitro benzene ring substituents is 1. The predicted molar refractivity (Wildman–Crippen MR) is 494 cm³/mol. The monoisotopic (exact) mass is 2000 g/mol. The Morgan fingerprint density at radius 3 is 0.868 bits per heavy atom. The third-order valence-electron chi connectivity index (χ3n) is 12.7. The van der Waals surface area contributed by atoms with Crippen LogP contribution >= 0.6 is 274 Å². The fourth-order valence-electron chi connectivity index (χ4n) is 7.43. The molecule has 0 aliphatic heterocycles. The SMILES string of the molecule is CSc1c(F)c(F)c(F)c(SC)c1F.CSc1cc(Br)cc(SC)c1.CSc1cc(Cl)cc(SC)c1.CSc1cc(F)cc(SC)c1.CSc1cc(I)cc(SC)c1.CSc1cc(SC)c(F)cc1F.CSc1cc(SC)cc(SC)c1.CSc1cc(SC)cc([N+](=O)[O-])c1.CSc1ccc(F)c(SC)c1. The molecule has 0 aliphatic rings. The molecular formula is C73H80BrClF8INO2S19. The van der Waals surface area contributed by atoms with E-state index in [0.717, 1.165) is 44.9 Å². The standard InChI is InChI=1S/C9H12S3.C8H9BrS2.C8H9ClS2.C8H6F4S2.C8H8F2S2.2C8H9FS2.C8H9IS2.C8H9NO2S2/c1-10-7-4-8(11-2)6-9(5-7)12-3;2*1-10-7-3-6(9)4-8(5-7)11-2;1-13-7-4(10)3(9)5(11)8(14-2)6(7)12;1-11-7-4-8(12-2)6(10)3-5(7)9;1-10-7-3-6(9)4-8(5-7)11-2;1-10-6-3-4-7(9)8(5-6)11-2;1-10-7-3-6(9)4-8(5-7)11-2;1-12-7-3-6(9(10)11)4-8(5-7)13-2/h4-6H,1-3H3;2*3-5H,1-2H3;1-2H3;3-4H,1-2H3;3*3-5H,1-2H3;3-5H,1-2H3. The van der Waals surface area contributed by atoms with Crippen LogP contribution in [0.5, 0.6) is 0 Å². The molecule has 580 valence electrons. The van der Waals surface area contributed by atoms with Crippen molar-refractivity contribution >= 4 is 279 Å². The number of nitro groups is 1. The highest BCUT2D eigenvalue weighted by molar-refractivity contribution is 14.1. The van der Waals surface area contributed by atoms with Gasteiger partial charge in [0.15, 0.2) is 23.3 Å². The highest BCUT2D eigenvalue weighted by Crippen LogP contribution is 2.37. The second-order valence-electron chi connectivity index (χ2n) is 19.1. The molecule has 9 aromatic rings. The van der Waals surface area contributed by atoms with Gasteiger partial charge in [0, 0.05) is 114 Å². The summed E-state index contributed by atoms with van der Waals surface area (Å²) in [5.41, 5.74) is 0.163. The first-order valence-electron chi connectivity index (χ1n) is 29.6. The Kier molecular flexibility index (Phi) is 58.5. The molecule has 0 heterocycles. The maximum atomic E-state index is 13.3. The number of benzene rings is 9. The van der Waals surface area contributed by atoms with Crippen LogP contribution in [0.1, 0.15) is 0 Å². The fraction of sp³-hybridized carbons (Fsp3) is 0.260. The van der Waals surface area contributed by atoms with Crippen molar-refractivity contribution in [3.63, 3.8) is 0 Å². The smallest absolute Gasteiger partial charge is 0.258 e. The lowest BCUT2D eigenvalue weighted by atomic mass is 10.3. The summed E-state index contributed by atoms with van der Waals surface area (Å²) < 4.78 is 106. The van der Waals surface area contributed by atoms with Crippen LogP contribution in [0, 0.1) is 60.2 Å². The summed E-state index contributed by atoms with van der Waals surface area (Å²) in [7, 11) is 0. The predicted octanol–water partition coefficient (Wildman–Crippen LogP) is 31.9. The van der Waals surface area contributed by atoms with Crippen molar-refractivity contribution in [2.45, 2.75) is 93.0 Å². The average molecular weight is 2010 g/mol. The largest absolute Gasteiger partial charge is 0.271 e. The van der Waals surface area contributed by atoms with Gasteiger partial charge in [0.25, 0.3) is 5.69 Å². The molecule has 0 unspecified atom stereocenters. The number of thioether (sulfide) groups is 19. The van der Waals surface area contributed by atoms with E-state index in [4.69, 9.17) is 11.6 Å². The zero-order valence-electron chi connectivity index (χ0n) is 61.0. The van der Waals surface area contributed by atoms with Gasteiger partial charge in [-0.25, -0.2) is 35.1 Å². The lowest BCUT2D eigenvalue weighted by Crippen LogP contribution is -2.00. The number of non-ortho nitro benzene ring substituents is 1. The first-order valence-corrected chi connectivity index (χ1v) is 55.1. The van der Waals surface area contributed by atoms with Crippen LogP contribution in [0.2, 0.25) is 5.02 Å². The minimum atomic E-state index is -1.62. The molecule has 0 bridgehead atoms. The number of halogens is 11. The second-order valence-corrected chi connectivity index (χ2v) is 38.2. The molecular weight excluding hydrogens is 1930 g/mol. The van der Waals surface area contributed by atoms with E-state index >= 15 is 0 Å². The molecule has 0 spiro atoms. The molecule has 0 saturated carbocycles. The molecule has 0 aliphatic carbocycles. The molecule has 0 radical (unpaired) electrons. The first-order chi connectivity index (χ1) is 50.5. The van der Waals surface area contributed by atoms with Gasteiger partial charge in [0.1, 0.15) is 23.3 Å². The van der Waals surface area contributed by atoms with Crippen LogP contribution in [0.25, 0.3) is 0 Å². The topological polar surface area (TPSA) is 43.1 Å². The Hall–Kier alpha value is -0.0300. The van der Waals surface area contributed by atoms with Crippen molar-refractivity contribution in [1.29, 1.82) is 0 Å². The number of hydrogen-bond donors (Lipinski definition) is 0. The van der Waals surface area contributed by atoms with Gasteiger partial charge in [-0.2, -0.15) is 0 Å². The van der Waals surface area contributed by atoms with Gasteiger partial charge in [-0.3, -0.25) is 10.1 Å². The minimum absolute atomic E-state index is 0.129. The summed E-state index contributed by atoms with van der Waals surface area (Å²) in [6.07, 6.45) is 36.7. The van der Waals surface area contributed by atoms with Crippen LogP contribution in [0.4, 0.5) is 40.8 Å². The van der Waals surface area contributed by atoms with E-state index < -0.39 is 44.7 Å². The Labute approximate surface area is 731 Å². The quantitative estimate of drug-likeness (QED) is 0.0138. The van der Waals surface area contributed by atoms with Gasteiger partial charge in [-0.1, -0.05) is 27.5 Å². The first kappa shape index (κ1) is 104. The van der Waals surface area contributed by atoms with E-state index in [1.165, 1.54) is 131 Å². The zero-order valence-corrected chi connectivity index (χ0v) is 81.0. The van der Waals surface area contributed by atoms with Crippen LogP contribution in [0.3, 0.4) is 0 Å². The molecule has 106 heavy (non-hydrogen) atoms. The second kappa shape index (κ2) is 59.6. The third-order valence-corrected chi connectivity index (χ3v) is 27.8. The van der Waals surface area contributed by atoms with Gasteiger partial charge in [0.05, 0.1) is 14.7 Å². The van der Waals surface area contributed by atoms with Crippen LogP contribution in [-0.2, 0) is 0 Å². The summed E-state index contributed by atoms with van der Waals surface area (Å²) in [4.78, 5) is 27.6. The summed E-state index contributed by atoms with van der Waals surface area (Å²) in [6, 6.07) is 43.7. The molecule has 0 aromatic heterocycles. The molecule has 0 N–H and O–H groups in total. The van der Waals surface area contributed by atoms with Crippen LogP contribution < -0.4 is 0 Å². The van der Waals surface area contributed by atoms with E-state index in [1.807, 2.05) is 67.9 Å². The Morgan fingerprint density at radius 2 is 0.575 bits per heavy atom. The number of nitrogens with zero attached hydrogens (tertiary/aromatic N) is 1. The Balaban J connectivity index is 0.000000597. The van der Waals surface area contributed by atoms with Gasteiger partial charge < -0.3 is 0 Å². The molecule has 9 rings (SSSR count). The number of hydrogen-bond acceptors (Lipinski definition) is 21. The fourth-order valence-corrected chi connectivity index (χ4v) is 19.8. The lowest BCUT2D eigenvalue weighted by molar-refractivity contribution is -0.385. The Morgan fingerprint density at radius 1 is 0.302 bits per heavy atom. The van der Waals surface area contributed by atoms with E-state index in [9.17, 15) is 45.2 Å². The molecule has 3 nitrogen and oxygen atoms in total. The van der Waals surface area contributed by atoms with Crippen LogP contribution in [-0.4, -0.2) is 124 Å². The van der Waals surface area contributed by atoms with E-state index in [0.29, 0.717) is 33.3 Å². The molecule has 0 fully saturated rings. The summed E-state index contributed by atoms with van der Waals surface area (Å²) in [5.74, 6) is -6.86. The minimum Gasteiger partial charge on any atom is -0.258 e. The summed E-state index contributed by atoms with van der Waals surface area (Å²) >= 11 is 40.8. The maximum Gasteiger partial charge on any atom is 0.271 e.